The Morgan fingerprint density at radius 1 is 1.00 bits per heavy atom. The Balaban J connectivity index is 1.09. The number of hydrogen-bond acceptors (Lipinski definition) is 4. The van der Waals surface area contributed by atoms with E-state index in [0.29, 0.717) is 32.2 Å². The topological polar surface area (TPSA) is 95.9 Å². The summed E-state index contributed by atoms with van der Waals surface area (Å²) in [6.45, 7) is 0.796. The molecule has 2 aromatic carbocycles. The second kappa shape index (κ2) is 8.30. The Bertz CT molecular complexity index is 1020. The van der Waals surface area contributed by atoms with Gasteiger partial charge in [-0.2, -0.15) is 0 Å². The van der Waals surface area contributed by atoms with Gasteiger partial charge >= 0.3 is 12.1 Å². The third kappa shape index (κ3) is 3.72. The number of fused-ring (bicyclic) bond motifs is 3. The van der Waals surface area contributed by atoms with Crippen molar-refractivity contribution < 1.29 is 24.2 Å². The number of rotatable bonds is 6. The highest BCUT2D eigenvalue weighted by atomic mass is 16.5. The van der Waals surface area contributed by atoms with Crippen LogP contribution in [0.2, 0.25) is 0 Å². The molecule has 7 nitrogen and oxygen atoms in total. The number of ether oxygens (including phenoxy) is 1. The van der Waals surface area contributed by atoms with Gasteiger partial charge in [-0.05, 0) is 47.4 Å². The monoisotopic (exact) mass is 434 g/mol. The highest BCUT2D eigenvalue weighted by molar-refractivity contribution is 5.85. The summed E-state index contributed by atoms with van der Waals surface area (Å²) in [6, 6.07) is 15.8. The van der Waals surface area contributed by atoms with Crippen molar-refractivity contribution in [1.29, 1.82) is 0 Å². The molecular weight excluding hydrogens is 408 g/mol. The zero-order chi connectivity index (χ0) is 22.2. The van der Waals surface area contributed by atoms with Crippen molar-refractivity contribution in [2.24, 2.45) is 5.92 Å². The molecule has 1 saturated heterocycles. The number of aliphatic carboxylic acids is 1. The fraction of sp³-hybridized carbons (Fsp3) is 0.400. The summed E-state index contributed by atoms with van der Waals surface area (Å²) < 4.78 is 5.58. The van der Waals surface area contributed by atoms with Crippen LogP contribution in [0.25, 0.3) is 11.1 Å². The number of carboxylic acids is 1. The zero-order valence-corrected chi connectivity index (χ0v) is 17.7. The van der Waals surface area contributed by atoms with Crippen LogP contribution in [-0.2, 0) is 14.3 Å². The van der Waals surface area contributed by atoms with Crippen LogP contribution in [-0.4, -0.2) is 53.2 Å². The van der Waals surface area contributed by atoms with Crippen molar-refractivity contribution in [1.82, 2.24) is 10.2 Å². The maximum atomic E-state index is 12.4. The van der Waals surface area contributed by atoms with Crippen molar-refractivity contribution in [2.75, 3.05) is 13.2 Å². The van der Waals surface area contributed by atoms with Crippen molar-refractivity contribution in [3.8, 4) is 11.1 Å². The molecule has 2 N–H and O–H groups in total. The van der Waals surface area contributed by atoms with Gasteiger partial charge in [-0.25, -0.2) is 9.59 Å². The summed E-state index contributed by atoms with van der Waals surface area (Å²) in [5.41, 5.74) is 4.73. The number of carbonyl (C=O) groups excluding carboxylic acids is 2. The van der Waals surface area contributed by atoms with Gasteiger partial charge in [-0.15, -0.1) is 0 Å². The summed E-state index contributed by atoms with van der Waals surface area (Å²) in [4.78, 5) is 37.2. The molecule has 2 fully saturated rings. The zero-order valence-electron chi connectivity index (χ0n) is 17.7. The number of carboxylic acid groups (broad SMARTS) is 1. The second-order valence-corrected chi connectivity index (χ2v) is 8.94. The van der Waals surface area contributed by atoms with E-state index in [1.54, 1.807) is 0 Å². The predicted molar refractivity (Wildman–Crippen MR) is 117 cm³/mol. The Morgan fingerprint density at radius 3 is 2.19 bits per heavy atom. The minimum Gasteiger partial charge on any atom is -0.480 e. The Morgan fingerprint density at radius 2 is 1.62 bits per heavy atom. The Hall–Kier alpha value is -3.35. The van der Waals surface area contributed by atoms with Gasteiger partial charge in [-0.1, -0.05) is 48.5 Å². The summed E-state index contributed by atoms with van der Waals surface area (Å²) >= 11 is 0. The van der Waals surface area contributed by atoms with Gasteiger partial charge in [0.25, 0.3) is 0 Å². The summed E-state index contributed by atoms with van der Waals surface area (Å²) in [5.74, 6) is -0.837. The fourth-order valence-electron chi connectivity index (χ4n) is 5.13. The second-order valence-electron chi connectivity index (χ2n) is 8.94. The first kappa shape index (κ1) is 20.5. The minimum atomic E-state index is -0.937. The number of carbonyl (C=O) groups is 3. The number of hydrogen-bond donors (Lipinski definition) is 2. The number of likely N-dealkylation sites (tertiary alicyclic amines) is 1. The van der Waals surface area contributed by atoms with E-state index < -0.39 is 18.1 Å². The van der Waals surface area contributed by atoms with Crippen LogP contribution in [0.15, 0.2) is 48.5 Å². The van der Waals surface area contributed by atoms with Gasteiger partial charge in [0.2, 0.25) is 5.91 Å². The molecule has 0 bridgehead atoms. The molecule has 2 aliphatic carbocycles. The number of nitrogens with zero attached hydrogens (tertiary/aromatic N) is 1. The molecule has 32 heavy (non-hydrogen) atoms. The Kier molecular flexibility index (Phi) is 5.33. The molecule has 1 saturated carbocycles. The van der Waals surface area contributed by atoms with Crippen molar-refractivity contribution >= 4 is 18.0 Å². The predicted octanol–water partition coefficient (Wildman–Crippen LogP) is 3.38. The van der Waals surface area contributed by atoms with E-state index in [2.05, 4.69) is 29.6 Å². The first-order valence-electron chi connectivity index (χ1n) is 11.1. The molecule has 1 heterocycles. The number of nitrogens with one attached hydrogen (secondary N) is 1. The van der Waals surface area contributed by atoms with Crippen LogP contribution in [0.5, 0.6) is 0 Å². The summed E-state index contributed by atoms with van der Waals surface area (Å²) in [7, 11) is 0. The molecule has 2 aromatic rings. The van der Waals surface area contributed by atoms with Crippen LogP contribution < -0.4 is 5.32 Å². The largest absolute Gasteiger partial charge is 0.480 e. The standard InChI is InChI=1S/C25H26N2O5/c28-23(27-10-9-22(27)24(29)30)13-15-11-16(12-15)26-25(31)32-14-21-19-7-3-1-5-17(19)18-6-2-4-8-20(18)21/h1-8,15-16,21-22H,9-14H2,(H,26,31)(H,29,30). The van der Waals surface area contributed by atoms with Crippen LogP contribution >= 0.6 is 0 Å². The van der Waals surface area contributed by atoms with E-state index in [-0.39, 0.29) is 30.4 Å². The molecule has 1 atom stereocenters. The van der Waals surface area contributed by atoms with Gasteiger partial charge < -0.3 is 20.1 Å². The van der Waals surface area contributed by atoms with Gasteiger partial charge in [-0.3, -0.25) is 4.79 Å². The van der Waals surface area contributed by atoms with Gasteiger partial charge in [0.15, 0.2) is 0 Å². The molecular formula is C25H26N2O5. The van der Waals surface area contributed by atoms with Crippen molar-refractivity contribution in [3.63, 3.8) is 0 Å². The van der Waals surface area contributed by atoms with Crippen LogP contribution in [0.4, 0.5) is 4.79 Å². The molecule has 1 aliphatic heterocycles. The summed E-state index contributed by atoms with van der Waals surface area (Å²) in [5, 5.41) is 12.0. The molecule has 7 heteroatoms. The van der Waals surface area contributed by atoms with Crippen LogP contribution in [0.1, 0.15) is 42.7 Å². The van der Waals surface area contributed by atoms with E-state index in [1.807, 2.05) is 24.3 Å². The van der Waals surface area contributed by atoms with Gasteiger partial charge in [0.05, 0.1) is 0 Å². The maximum absolute atomic E-state index is 12.4. The van der Waals surface area contributed by atoms with Crippen LogP contribution in [0.3, 0.4) is 0 Å². The Labute approximate surface area is 186 Å². The first-order chi connectivity index (χ1) is 15.5. The van der Waals surface area contributed by atoms with E-state index in [4.69, 9.17) is 9.84 Å². The lowest BCUT2D eigenvalue weighted by atomic mass is 9.77. The lowest BCUT2D eigenvalue weighted by molar-refractivity contribution is -0.158. The number of alkyl carbamates (subject to hydrolysis) is 1. The quantitative estimate of drug-likeness (QED) is 0.727. The minimum absolute atomic E-state index is 0.00453. The number of benzene rings is 2. The fourth-order valence-corrected chi connectivity index (χ4v) is 5.13. The molecule has 2 amide bonds. The highest BCUT2D eigenvalue weighted by Gasteiger charge is 2.40. The smallest absolute Gasteiger partial charge is 0.407 e. The van der Waals surface area contributed by atoms with E-state index in [1.165, 1.54) is 27.2 Å². The molecule has 0 aromatic heterocycles. The third-order valence-electron chi connectivity index (χ3n) is 6.99. The first-order valence-corrected chi connectivity index (χ1v) is 11.1. The van der Waals surface area contributed by atoms with Crippen LogP contribution in [0, 0.1) is 5.92 Å². The highest BCUT2D eigenvalue weighted by Crippen LogP contribution is 2.44. The SMILES string of the molecule is O=C(NC1CC(CC(=O)N2CCC2C(=O)O)C1)OCC1c2ccccc2-c2ccccc21. The van der Waals surface area contributed by atoms with Gasteiger partial charge in [0, 0.05) is 24.9 Å². The summed E-state index contributed by atoms with van der Waals surface area (Å²) in [6.07, 6.45) is 1.85. The van der Waals surface area contributed by atoms with Crippen molar-refractivity contribution in [3.05, 3.63) is 59.7 Å². The lowest BCUT2D eigenvalue weighted by Crippen LogP contribution is -2.56. The van der Waals surface area contributed by atoms with E-state index >= 15 is 0 Å². The maximum Gasteiger partial charge on any atom is 0.407 e. The molecule has 166 valence electrons. The lowest BCUT2D eigenvalue weighted by Gasteiger charge is -2.41. The molecule has 0 spiro atoms. The molecule has 1 unspecified atom stereocenters. The normalized spacial score (nSPS) is 23.4. The van der Waals surface area contributed by atoms with Crippen molar-refractivity contribution in [2.45, 2.75) is 43.7 Å². The third-order valence-corrected chi connectivity index (χ3v) is 6.99. The average Bonchev–Trinajstić information content (AvgIpc) is 3.03. The van der Waals surface area contributed by atoms with E-state index in [0.717, 1.165) is 0 Å². The molecule has 0 radical (unpaired) electrons. The number of amides is 2. The van der Waals surface area contributed by atoms with Gasteiger partial charge in [0.1, 0.15) is 12.6 Å². The average molecular weight is 434 g/mol. The van der Waals surface area contributed by atoms with E-state index in [9.17, 15) is 14.4 Å². The molecule has 5 rings (SSSR count). The molecule has 3 aliphatic rings.